The minimum absolute atomic E-state index is 0.312. The summed E-state index contributed by atoms with van der Waals surface area (Å²) in [5.74, 6) is 0.198. The molecule has 0 unspecified atom stereocenters. The fraction of sp³-hybridized carbons (Fsp3) is 0.0909. The molecule has 0 aliphatic rings. The van der Waals surface area contributed by atoms with Crippen LogP contribution in [0.4, 0.5) is 5.69 Å². The second kappa shape index (κ2) is 8.67. The van der Waals surface area contributed by atoms with Gasteiger partial charge in [0, 0.05) is 5.69 Å². The summed E-state index contributed by atoms with van der Waals surface area (Å²) < 4.78 is 10.8. The molecule has 3 aromatic carbocycles. The van der Waals surface area contributed by atoms with Gasteiger partial charge in [0.25, 0.3) is 5.91 Å². The number of hydrogen-bond acceptors (Lipinski definition) is 4. The van der Waals surface area contributed by atoms with Crippen molar-refractivity contribution in [1.82, 2.24) is 0 Å². The van der Waals surface area contributed by atoms with Gasteiger partial charge in [-0.05, 0) is 48.9 Å². The molecule has 0 heterocycles. The van der Waals surface area contributed by atoms with Crippen LogP contribution in [0.5, 0.6) is 11.5 Å². The van der Waals surface area contributed by atoms with E-state index in [1.165, 1.54) is 0 Å². The number of nitrogens with one attached hydrogen (secondary N) is 1. The topological polar surface area (TPSA) is 64.6 Å². The maximum atomic E-state index is 12.2. The Morgan fingerprint density at radius 1 is 0.852 bits per heavy atom. The van der Waals surface area contributed by atoms with E-state index < -0.39 is 11.9 Å². The van der Waals surface area contributed by atoms with Gasteiger partial charge in [-0.1, -0.05) is 42.5 Å². The van der Waals surface area contributed by atoms with Crippen molar-refractivity contribution in [3.8, 4) is 11.5 Å². The third kappa shape index (κ3) is 5.19. The van der Waals surface area contributed by atoms with Crippen LogP contribution in [0.15, 0.2) is 78.9 Å². The summed E-state index contributed by atoms with van der Waals surface area (Å²) in [7, 11) is 0. The van der Waals surface area contributed by atoms with Crippen LogP contribution in [0.1, 0.15) is 15.9 Å². The summed E-state index contributed by atoms with van der Waals surface area (Å²) in [5.41, 5.74) is 1.94. The number of esters is 1. The largest absolute Gasteiger partial charge is 0.457 e. The zero-order chi connectivity index (χ0) is 19.1. The Labute approximate surface area is 157 Å². The molecular formula is C22H19NO4. The number of carbonyl (C=O) groups excluding carboxylic acids is 2. The number of anilines is 1. The molecule has 0 aromatic heterocycles. The molecule has 0 spiro atoms. The predicted octanol–water partition coefficient (Wildman–Crippen LogP) is 4.58. The fourth-order valence-electron chi connectivity index (χ4n) is 2.43. The minimum Gasteiger partial charge on any atom is -0.457 e. The van der Waals surface area contributed by atoms with Crippen molar-refractivity contribution in [3.05, 3.63) is 90.0 Å². The monoisotopic (exact) mass is 361 g/mol. The van der Waals surface area contributed by atoms with Gasteiger partial charge < -0.3 is 14.8 Å². The molecule has 0 aliphatic heterocycles. The zero-order valence-corrected chi connectivity index (χ0v) is 14.8. The maximum Gasteiger partial charge on any atom is 0.338 e. The molecule has 3 rings (SSSR count). The Kier molecular flexibility index (Phi) is 5.84. The molecule has 1 N–H and O–H groups in total. The highest BCUT2D eigenvalue weighted by Crippen LogP contribution is 2.22. The Morgan fingerprint density at radius 2 is 1.56 bits per heavy atom. The highest BCUT2D eigenvalue weighted by molar-refractivity contribution is 5.96. The molecule has 3 aromatic rings. The average Bonchev–Trinajstić information content (AvgIpc) is 2.69. The molecule has 136 valence electrons. The highest BCUT2D eigenvalue weighted by Gasteiger charge is 2.12. The van der Waals surface area contributed by atoms with E-state index in [1.54, 1.807) is 30.3 Å². The first kappa shape index (κ1) is 18.2. The van der Waals surface area contributed by atoms with Crippen molar-refractivity contribution in [3.63, 3.8) is 0 Å². The molecular weight excluding hydrogens is 342 g/mol. The van der Waals surface area contributed by atoms with Crippen LogP contribution in [-0.2, 0) is 9.53 Å². The normalized spacial score (nSPS) is 10.1. The molecule has 0 bridgehead atoms. The van der Waals surface area contributed by atoms with Gasteiger partial charge in [0.2, 0.25) is 0 Å². The van der Waals surface area contributed by atoms with Crippen LogP contribution in [0.2, 0.25) is 0 Å². The van der Waals surface area contributed by atoms with Gasteiger partial charge in [0.05, 0.1) is 5.56 Å². The van der Waals surface area contributed by atoms with Gasteiger partial charge in [-0.15, -0.1) is 0 Å². The standard InChI is InChI=1S/C22H19NO4/c1-16-8-5-6-13-20(16)23-21(24)15-26-22(25)17-9-7-12-19(14-17)27-18-10-3-2-4-11-18/h2-14H,15H2,1H3,(H,23,24). The Hall–Kier alpha value is -3.60. The van der Waals surface area contributed by atoms with Crippen LogP contribution in [-0.4, -0.2) is 18.5 Å². The van der Waals surface area contributed by atoms with Gasteiger partial charge in [-0.2, -0.15) is 0 Å². The number of rotatable bonds is 6. The fourth-order valence-corrected chi connectivity index (χ4v) is 2.43. The van der Waals surface area contributed by atoms with Gasteiger partial charge in [-0.25, -0.2) is 4.79 Å². The lowest BCUT2D eigenvalue weighted by Gasteiger charge is -2.09. The number of amides is 1. The van der Waals surface area contributed by atoms with E-state index in [0.29, 0.717) is 22.7 Å². The lowest BCUT2D eigenvalue weighted by atomic mass is 10.2. The molecule has 0 saturated heterocycles. The van der Waals surface area contributed by atoms with E-state index in [0.717, 1.165) is 5.56 Å². The first-order valence-corrected chi connectivity index (χ1v) is 8.47. The lowest BCUT2D eigenvalue weighted by molar-refractivity contribution is -0.119. The highest BCUT2D eigenvalue weighted by atomic mass is 16.5. The smallest absolute Gasteiger partial charge is 0.338 e. The summed E-state index contributed by atoms with van der Waals surface area (Å²) in [4.78, 5) is 24.2. The predicted molar refractivity (Wildman–Crippen MR) is 103 cm³/mol. The van der Waals surface area contributed by atoms with E-state index in [2.05, 4.69) is 5.32 Å². The molecule has 0 fully saturated rings. The van der Waals surface area contributed by atoms with E-state index in [1.807, 2.05) is 55.5 Å². The number of carbonyl (C=O) groups is 2. The number of ether oxygens (including phenoxy) is 2. The molecule has 27 heavy (non-hydrogen) atoms. The van der Waals surface area contributed by atoms with Crippen LogP contribution < -0.4 is 10.1 Å². The van der Waals surface area contributed by atoms with Crippen molar-refractivity contribution in [2.75, 3.05) is 11.9 Å². The first-order chi connectivity index (χ1) is 13.1. The second-order valence-corrected chi connectivity index (χ2v) is 5.88. The first-order valence-electron chi connectivity index (χ1n) is 8.47. The third-order valence-corrected chi connectivity index (χ3v) is 3.80. The van der Waals surface area contributed by atoms with Crippen LogP contribution in [0.3, 0.4) is 0 Å². The van der Waals surface area contributed by atoms with Crippen molar-refractivity contribution >= 4 is 17.6 Å². The van der Waals surface area contributed by atoms with E-state index in [9.17, 15) is 9.59 Å². The second-order valence-electron chi connectivity index (χ2n) is 5.88. The Bertz CT molecular complexity index is 938. The summed E-state index contributed by atoms with van der Waals surface area (Å²) in [6.45, 7) is 1.52. The van der Waals surface area contributed by atoms with Crippen molar-refractivity contribution < 1.29 is 19.1 Å². The quantitative estimate of drug-likeness (QED) is 0.653. The van der Waals surface area contributed by atoms with Crippen molar-refractivity contribution in [2.45, 2.75) is 6.92 Å². The lowest BCUT2D eigenvalue weighted by Crippen LogP contribution is -2.21. The Balaban J connectivity index is 1.57. The molecule has 0 aliphatic carbocycles. The van der Waals surface area contributed by atoms with Crippen molar-refractivity contribution in [1.29, 1.82) is 0 Å². The summed E-state index contributed by atoms with van der Waals surface area (Å²) in [5, 5.41) is 2.72. The average molecular weight is 361 g/mol. The molecule has 0 saturated carbocycles. The maximum absolute atomic E-state index is 12.2. The van der Waals surface area contributed by atoms with E-state index >= 15 is 0 Å². The summed E-state index contributed by atoms with van der Waals surface area (Å²) in [6, 6.07) is 23.3. The summed E-state index contributed by atoms with van der Waals surface area (Å²) in [6.07, 6.45) is 0. The molecule has 1 amide bonds. The van der Waals surface area contributed by atoms with Crippen LogP contribution in [0.25, 0.3) is 0 Å². The van der Waals surface area contributed by atoms with Gasteiger partial charge in [-0.3, -0.25) is 4.79 Å². The van der Waals surface area contributed by atoms with E-state index in [4.69, 9.17) is 9.47 Å². The SMILES string of the molecule is Cc1ccccc1NC(=O)COC(=O)c1cccc(Oc2ccccc2)c1. The molecule has 0 atom stereocenters. The van der Waals surface area contributed by atoms with Crippen LogP contribution >= 0.6 is 0 Å². The number of aryl methyl sites for hydroxylation is 1. The van der Waals surface area contributed by atoms with E-state index in [-0.39, 0.29) is 6.61 Å². The molecule has 0 radical (unpaired) electrons. The van der Waals surface area contributed by atoms with Crippen LogP contribution in [0, 0.1) is 6.92 Å². The summed E-state index contributed by atoms with van der Waals surface area (Å²) >= 11 is 0. The molecule has 5 heteroatoms. The number of hydrogen-bond donors (Lipinski definition) is 1. The molecule has 5 nitrogen and oxygen atoms in total. The third-order valence-electron chi connectivity index (χ3n) is 3.80. The number of para-hydroxylation sites is 2. The van der Waals surface area contributed by atoms with Gasteiger partial charge >= 0.3 is 5.97 Å². The minimum atomic E-state index is -0.589. The number of benzene rings is 3. The van der Waals surface area contributed by atoms with Crippen molar-refractivity contribution in [2.24, 2.45) is 0 Å². The van der Waals surface area contributed by atoms with Gasteiger partial charge in [0.1, 0.15) is 11.5 Å². The van der Waals surface area contributed by atoms with Gasteiger partial charge in [0.15, 0.2) is 6.61 Å². The Morgan fingerprint density at radius 3 is 2.33 bits per heavy atom. The zero-order valence-electron chi connectivity index (χ0n) is 14.8.